The van der Waals surface area contributed by atoms with Crippen LogP contribution in [0.3, 0.4) is 0 Å². The number of methoxy groups -OCH3 is 1. The minimum atomic E-state index is -0.812. The lowest BCUT2D eigenvalue weighted by Crippen LogP contribution is -2.40. The molecule has 0 radical (unpaired) electrons. The van der Waals surface area contributed by atoms with Gasteiger partial charge < -0.3 is 18.9 Å². The number of hydrogen-bond acceptors (Lipinski definition) is 8. The van der Waals surface area contributed by atoms with Gasteiger partial charge in [-0.15, -0.1) is 0 Å². The minimum absolute atomic E-state index is 0.0766. The number of benzene rings is 4. The van der Waals surface area contributed by atoms with Crippen LogP contribution in [0.4, 0.5) is 0 Å². The van der Waals surface area contributed by atoms with Gasteiger partial charge in [0.1, 0.15) is 12.4 Å². The van der Waals surface area contributed by atoms with E-state index in [9.17, 15) is 9.59 Å². The number of halogens is 1. The summed E-state index contributed by atoms with van der Waals surface area (Å²) in [5.41, 5.74) is 2.71. The molecular formula is C38H35ClN2O6S. The molecule has 0 spiro atoms. The maximum Gasteiger partial charge on any atom is 0.338 e. The molecule has 8 nitrogen and oxygen atoms in total. The first kappa shape index (κ1) is 33.1. The van der Waals surface area contributed by atoms with Gasteiger partial charge in [0.15, 0.2) is 16.3 Å². The highest BCUT2D eigenvalue weighted by atomic mass is 35.5. The SMILES string of the molecule is CCOC(=O)C1=C(C)N=c2s/c(=C/c3c(OCc4ccccc4Cl)ccc4ccccc34)c(=O)n2[C@@H]1c1ccc(OC(C)C)c(OC)c1. The molecule has 5 aromatic rings. The van der Waals surface area contributed by atoms with Crippen LogP contribution in [-0.4, -0.2) is 30.4 Å². The number of esters is 1. The van der Waals surface area contributed by atoms with Crippen LogP contribution in [0.5, 0.6) is 17.2 Å². The second-order valence-corrected chi connectivity index (χ2v) is 12.9. The number of nitrogens with zero attached hydrogens (tertiary/aromatic N) is 2. The van der Waals surface area contributed by atoms with E-state index in [1.165, 1.54) is 11.3 Å². The topological polar surface area (TPSA) is 88.4 Å². The first-order valence-corrected chi connectivity index (χ1v) is 16.8. The largest absolute Gasteiger partial charge is 0.493 e. The van der Waals surface area contributed by atoms with Gasteiger partial charge in [-0.3, -0.25) is 9.36 Å². The highest BCUT2D eigenvalue weighted by Gasteiger charge is 2.34. The molecule has 6 rings (SSSR count). The van der Waals surface area contributed by atoms with E-state index in [1.807, 2.05) is 86.7 Å². The Bertz CT molecular complexity index is 2240. The van der Waals surface area contributed by atoms with E-state index in [1.54, 1.807) is 37.7 Å². The monoisotopic (exact) mass is 682 g/mol. The van der Waals surface area contributed by atoms with Crippen molar-refractivity contribution >= 4 is 45.8 Å². The summed E-state index contributed by atoms with van der Waals surface area (Å²) in [6, 6.07) is 24.0. The fraction of sp³-hybridized carbons (Fsp3) is 0.237. The number of carbonyl (C=O) groups is 1. The molecule has 0 saturated heterocycles. The van der Waals surface area contributed by atoms with Crippen molar-refractivity contribution in [2.24, 2.45) is 4.99 Å². The second-order valence-electron chi connectivity index (χ2n) is 11.5. The Morgan fingerprint density at radius 3 is 2.52 bits per heavy atom. The van der Waals surface area contributed by atoms with E-state index in [0.29, 0.717) is 42.9 Å². The summed E-state index contributed by atoms with van der Waals surface area (Å²) < 4.78 is 25.4. The fourth-order valence-corrected chi connectivity index (χ4v) is 6.98. The Kier molecular flexibility index (Phi) is 9.71. The molecule has 2 heterocycles. The van der Waals surface area contributed by atoms with Crippen molar-refractivity contribution in [1.29, 1.82) is 0 Å². The number of hydrogen-bond donors (Lipinski definition) is 0. The number of allylic oxidation sites excluding steroid dienone is 1. The zero-order chi connectivity index (χ0) is 33.9. The molecule has 0 bridgehead atoms. The normalized spacial score (nSPS) is 14.6. The fourth-order valence-electron chi connectivity index (χ4n) is 5.76. The lowest BCUT2D eigenvalue weighted by atomic mass is 9.95. The molecule has 1 aromatic heterocycles. The summed E-state index contributed by atoms with van der Waals surface area (Å²) in [5.74, 6) is 1.10. The number of thiazole rings is 1. The number of fused-ring (bicyclic) bond motifs is 2. The molecule has 10 heteroatoms. The maximum absolute atomic E-state index is 14.5. The zero-order valence-corrected chi connectivity index (χ0v) is 28.9. The molecule has 0 N–H and O–H groups in total. The van der Waals surface area contributed by atoms with Crippen molar-refractivity contribution in [2.45, 2.75) is 46.4 Å². The Labute approximate surface area is 287 Å². The predicted octanol–water partition coefficient (Wildman–Crippen LogP) is 6.98. The molecule has 48 heavy (non-hydrogen) atoms. The number of ether oxygens (including phenoxy) is 4. The van der Waals surface area contributed by atoms with E-state index in [-0.39, 0.29) is 30.5 Å². The second kappa shape index (κ2) is 14.1. The number of rotatable bonds is 10. The van der Waals surface area contributed by atoms with Gasteiger partial charge in [-0.2, -0.15) is 0 Å². The van der Waals surface area contributed by atoms with E-state index in [0.717, 1.165) is 21.9 Å². The molecule has 246 valence electrons. The average Bonchev–Trinajstić information content (AvgIpc) is 3.38. The van der Waals surface area contributed by atoms with Crippen LogP contribution in [0, 0.1) is 0 Å². The lowest BCUT2D eigenvalue weighted by molar-refractivity contribution is -0.139. The van der Waals surface area contributed by atoms with Crippen LogP contribution < -0.4 is 29.1 Å². The molecular weight excluding hydrogens is 648 g/mol. The van der Waals surface area contributed by atoms with Crippen molar-refractivity contribution in [3.05, 3.63) is 132 Å². The van der Waals surface area contributed by atoms with Gasteiger partial charge >= 0.3 is 5.97 Å². The summed E-state index contributed by atoms with van der Waals surface area (Å²) >= 11 is 7.67. The number of carbonyl (C=O) groups excluding carboxylic acids is 1. The van der Waals surface area contributed by atoms with Gasteiger partial charge in [-0.05, 0) is 74.4 Å². The molecule has 0 saturated carbocycles. The minimum Gasteiger partial charge on any atom is -0.493 e. The molecule has 0 fully saturated rings. The molecule has 0 aliphatic carbocycles. The van der Waals surface area contributed by atoms with Crippen LogP contribution in [-0.2, 0) is 16.1 Å². The highest BCUT2D eigenvalue weighted by Crippen LogP contribution is 2.37. The van der Waals surface area contributed by atoms with Crippen molar-refractivity contribution in [2.75, 3.05) is 13.7 Å². The van der Waals surface area contributed by atoms with Gasteiger partial charge in [-0.25, -0.2) is 9.79 Å². The van der Waals surface area contributed by atoms with Crippen molar-refractivity contribution < 1.29 is 23.7 Å². The third kappa shape index (κ3) is 6.48. The van der Waals surface area contributed by atoms with Crippen LogP contribution >= 0.6 is 22.9 Å². The van der Waals surface area contributed by atoms with Gasteiger partial charge in [0.25, 0.3) is 5.56 Å². The first-order chi connectivity index (χ1) is 23.2. The van der Waals surface area contributed by atoms with Crippen molar-refractivity contribution in [3.63, 3.8) is 0 Å². The molecule has 0 unspecified atom stereocenters. The highest BCUT2D eigenvalue weighted by molar-refractivity contribution is 7.07. The first-order valence-electron chi connectivity index (χ1n) is 15.6. The standard InChI is InChI=1S/C38H35ClN2O6S/c1-6-45-37(43)34-23(4)40-38-41(35(34)25-16-18-31(47-22(2)3)32(19-25)44-5)36(42)33(48-38)20-28-27-13-9-7-11-24(27)15-17-30(28)46-21-26-12-8-10-14-29(26)39/h7-20,22,35H,6,21H2,1-5H3/b33-20+/t35-/m1/s1. The van der Waals surface area contributed by atoms with Crippen LogP contribution in [0.15, 0.2) is 99.9 Å². The van der Waals surface area contributed by atoms with Crippen LogP contribution in [0.25, 0.3) is 16.8 Å². The molecule has 4 aromatic carbocycles. The summed E-state index contributed by atoms with van der Waals surface area (Å²) in [7, 11) is 1.56. The molecule has 1 aliphatic heterocycles. The predicted molar refractivity (Wildman–Crippen MR) is 189 cm³/mol. The van der Waals surface area contributed by atoms with E-state index < -0.39 is 12.0 Å². The smallest absolute Gasteiger partial charge is 0.338 e. The van der Waals surface area contributed by atoms with Crippen LogP contribution in [0.2, 0.25) is 5.02 Å². The molecule has 1 atom stereocenters. The molecule has 1 aliphatic rings. The van der Waals surface area contributed by atoms with Gasteiger partial charge in [0, 0.05) is 16.1 Å². The summed E-state index contributed by atoms with van der Waals surface area (Å²) in [6.07, 6.45) is 1.77. The molecule has 0 amide bonds. The maximum atomic E-state index is 14.5. The Morgan fingerprint density at radius 1 is 1.02 bits per heavy atom. The quantitative estimate of drug-likeness (QED) is 0.148. The zero-order valence-electron chi connectivity index (χ0n) is 27.3. The van der Waals surface area contributed by atoms with Crippen molar-refractivity contribution in [1.82, 2.24) is 4.57 Å². The summed E-state index contributed by atoms with van der Waals surface area (Å²) in [4.78, 5) is 33.1. The third-order valence-electron chi connectivity index (χ3n) is 7.93. The van der Waals surface area contributed by atoms with Gasteiger partial charge in [0.05, 0.1) is 41.7 Å². The van der Waals surface area contributed by atoms with Gasteiger partial charge in [0.2, 0.25) is 0 Å². The summed E-state index contributed by atoms with van der Waals surface area (Å²) in [6.45, 7) is 7.79. The summed E-state index contributed by atoms with van der Waals surface area (Å²) in [5, 5.41) is 2.53. The lowest BCUT2D eigenvalue weighted by Gasteiger charge is -2.25. The van der Waals surface area contributed by atoms with E-state index in [4.69, 9.17) is 35.5 Å². The number of aromatic nitrogens is 1. The van der Waals surface area contributed by atoms with Gasteiger partial charge in [-0.1, -0.05) is 77.5 Å². The van der Waals surface area contributed by atoms with E-state index >= 15 is 0 Å². The Morgan fingerprint density at radius 2 is 1.77 bits per heavy atom. The third-order valence-corrected chi connectivity index (χ3v) is 9.28. The Balaban J connectivity index is 1.53. The van der Waals surface area contributed by atoms with Crippen molar-refractivity contribution in [3.8, 4) is 17.2 Å². The van der Waals surface area contributed by atoms with E-state index in [2.05, 4.69) is 0 Å². The Hall–Kier alpha value is -4.86. The van der Waals surface area contributed by atoms with Crippen LogP contribution in [0.1, 0.15) is 50.4 Å². The average molecular weight is 683 g/mol.